The minimum absolute atomic E-state index is 0.261. The summed E-state index contributed by atoms with van der Waals surface area (Å²) in [7, 11) is 1.50. The summed E-state index contributed by atoms with van der Waals surface area (Å²) in [6, 6.07) is 0. The van der Waals surface area contributed by atoms with Gasteiger partial charge in [-0.1, -0.05) is 20.3 Å². The van der Waals surface area contributed by atoms with Crippen molar-refractivity contribution in [3.8, 4) is 0 Å². The molecule has 0 aliphatic heterocycles. The van der Waals surface area contributed by atoms with E-state index >= 15 is 0 Å². The van der Waals surface area contributed by atoms with Crippen molar-refractivity contribution in [1.82, 2.24) is 9.13 Å². The van der Waals surface area contributed by atoms with Gasteiger partial charge in [-0.25, -0.2) is 4.79 Å². The van der Waals surface area contributed by atoms with Crippen molar-refractivity contribution in [1.29, 1.82) is 0 Å². The van der Waals surface area contributed by atoms with E-state index < -0.39 is 0 Å². The summed E-state index contributed by atoms with van der Waals surface area (Å²) in [5, 5.41) is 3.22. The smallest absolute Gasteiger partial charge is 0.332 e. The summed E-state index contributed by atoms with van der Waals surface area (Å²) in [6.45, 7) is 5.43. The second-order valence-electron chi connectivity index (χ2n) is 6.16. The molecule has 1 heterocycles. The summed E-state index contributed by atoms with van der Waals surface area (Å²) in [6.07, 6.45) is 5.49. The molecule has 0 radical (unpaired) electrons. The molecule has 0 saturated heterocycles. The Labute approximate surface area is 125 Å². The highest BCUT2D eigenvalue weighted by molar-refractivity contribution is 5.60. The van der Waals surface area contributed by atoms with Gasteiger partial charge < -0.3 is 11.1 Å². The lowest BCUT2D eigenvalue weighted by Crippen LogP contribution is -2.41. The standard InChI is InChI=1S/C15H26N4O2/c1-4-6-15(7-8-15)10-17-11-12(16)19(9-5-2)14(21)18(3)13(11)20/h17H,4-10,16H2,1-3H3. The van der Waals surface area contributed by atoms with Crippen molar-refractivity contribution in [3.63, 3.8) is 0 Å². The van der Waals surface area contributed by atoms with E-state index in [4.69, 9.17) is 5.73 Å². The fraction of sp³-hybridized carbons (Fsp3) is 0.733. The van der Waals surface area contributed by atoms with Crippen LogP contribution in [0.4, 0.5) is 11.5 Å². The van der Waals surface area contributed by atoms with Gasteiger partial charge in [0.1, 0.15) is 11.5 Å². The molecule has 6 heteroatoms. The molecular weight excluding hydrogens is 268 g/mol. The first-order valence-electron chi connectivity index (χ1n) is 7.79. The summed E-state index contributed by atoms with van der Waals surface area (Å²) < 4.78 is 2.61. The topological polar surface area (TPSA) is 82.0 Å². The third-order valence-electron chi connectivity index (χ3n) is 4.41. The van der Waals surface area contributed by atoms with Crippen molar-refractivity contribution in [2.75, 3.05) is 17.6 Å². The van der Waals surface area contributed by atoms with Gasteiger partial charge in [-0.2, -0.15) is 0 Å². The molecule has 3 N–H and O–H groups in total. The molecule has 6 nitrogen and oxygen atoms in total. The Kier molecular flexibility index (Phi) is 4.44. The fourth-order valence-electron chi connectivity index (χ4n) is 2.89. The predicted octanol–water partition coefficient (Wildman–Crippen LogP) is 1.53. The number of aromatic nitrogens is 2. The Bertz CT molecular complexity index is 626. The molecule has 0 spiro atoms. The van der Waals surface area contributed by atoms with E-state index in [9.17, 15) is 9.59 Å². The van der Waals surface area contributed by atoms with Gasteiger partial charge in [-0.3, -0.25) is 13.9 Å². The van der Waals surface area contributed by atoms with Crippen LogP contribution < -0.4 is 22.3 Å². The fourth-order valence-corrected chi connectivity index (χ4v) is 2.89. The summed E-state index contributed by atoms with van der Waals surface area (Å²) in [5.74, 6) is 0.261. The Morgan fingerprint density at radius 2 is 1.90 bits per heavy atom. The van der Waals surface area contributed by atoms with Crippen LogP contribution >= 0.6 is 0 Å². The van der Waals surface area contributed by atoms with Crippen LogP contribution in [0.3, 0.4) is 0 Å². The van der Waals surface area contributed by atoms with E-state index in [0.717, 1.165) is 30.4 Å². The monoisotopic (exact) mass is 294 g/mol. The number of nitrogens with zero attached hydrogens (tertiary/aromatic N) is 2. The summed E-state index contributed by atoms with van der Waals surface area (Å²) in [5.41, 5.74) is 6.05. The van der Waals surface area contributed by atoms with Gasteiger partial charge in [-0.05, 0) is 31.1 Å². The van der Waals surface area contributed by atoms with Crippen LogP contribution in [0, 0.1) is 5.41 Å². The van der Waals surface area contributed by atoms with Crippen molar-refractivity contribution in [3.05, 3.63) is 20.8 Å². The molecule has 1 fully saturated rings. The number of nitrogens with two attached hydrogens (primary N) is 1. The van der Waals surface area contributed by atoms with Crippen LogP contribution in [-0.4, -0.2) is 15.7 Å². The highest BCUT2D eigenvalue weighted by Crippen LogP contribution is 2.49. The first-order valence-corrected chi connectivity index (χ1v) is 7.79. The highest BCUT2D eigenvalue weighted by atomic mass is 16.2. The molecule has 0 bridgehead atoms. The van der Waals surface area contributed by atoms with Gasteiger partial charge >= 0.3 is 5.69 Å². The molecule has 21 heavy (non-hydrogen) atoms. The van der Waals surface area contributed by atoms with E-state index in [0.29, 0.717) is 17.6 Å². The molecule has 0 unspecified atom stereocenters. The third kappa shape index (κ3) is 2.99. The average molecular weight is 294 g/mol. The van der Waals surface area contributed by atoms with Crippen LogP contribution in [0.15, 0.2) is 9.59 Å². The number of rotatable bonds is 7. The van der Waals surface area contributed by atoms with Crippen LogP contribution in [0.2, 0.25) is 0 Å². The van der Waals surface area contributed by atoms with Crippen LogP contribution in [-0.2, 0) is 13.6 Å². The number of anilines is 2. The zero-order chi connectivity index (χ0) is 15.6. The number of hydrogen-bond donors (Lipinski definition) is 2. The summed E-state index contributed by atoms with van der Waals surface area (Å²) in [4.78, 5) is 24.4. The molecule has 0 atom stereocenters. The number of hydrogen-bond acceptors (Lipinski definition) is 4. The van der Waals surface area contributed by atoms with Crippen molar-refractivity contribution in [2.45, 2.75) is 52.5 Å². The van der Waals surface area contributed by atoms with Gasteiger partial charge in [-0.15, -0.1) is 0 Å². The van der Waals surface area contributed by atoms with Crippen molar-refractivity contribution in [2.24, 2.45) is 12.5 Å². The van der Waals surface area contributed by atoms with Crippen LogP contribution in [0.5, 0.6) is 0 Å². The average Bonchev–Trinajstić information content (AvgIpc) is 3.22. The van der Waals surface area contributed by atoms with Gasteiger partial charge in [0.2, 0.25) is 0 Å². The zero-order valence-corrected chi connectivity index (χ0v) is 13.2. The SMILES string of the molecule is CCCn1c(N)c(NCC2(CCC)CC2)c(=O)n(C)c1=O. The lowest BCUT2D eigenvalue weighted by atomic mass is 10.0. The number of nitrogens with one attached hydrogen (secondary N) is 1. The molecule has 0 aromatic carbocycles. The van der Waals surface area contributed by atoms with E-state index in [1.807, 2.05) is 6.92 Å². The third-order valence-corrected chi connectivity index (χ3v) is 4.41. The first kappa shape index (κ1) is 15.7. The zero-order valence-electron chi connectivity index (χ0n) is 13.2. The van der Waals surface area contributed by atoms with Gasteiger partial charge in [0.05, 0.1) is 0 Å². The molecule has 2 rings (SSSR count). The Morgan fingerprint density at radius 1 is 1.24 bits per heavy atom. The first-order chi connectivity index (χ1) is 9.95. The van der Waals surface area contributed by atoms with Crippen LogP contribution in [0.25, 0.3) is 0 Å². The Balaban J connectivity index is 2.31. The Hall–Kier alpha value is -1.72. The van der Waals surface area contributed by atoms with Gasteiger partial charge in [0.15, 0.2) is 0 Å². The van der Waals surface area contributed by atoms with Crippen LogP contribution in [0.1, 0.15) is 46.0 Å². The maximum absolute atomic E-state index is 12.3. The molecule has 1 aliphatic rings. The molecule has 1 aliphatic carbocycles. The Morgan fingerprint density at radius 3 is 2.43 bits per heavy atom. The number of nitrogen functional groups attached to an aromatic ring is 1. The lowest BCUT2D eigenvalue weighted by Gasteiger charge is -2.19. The van der Waals surface area contributed by atoms with E-state index in [1.165, 1.54) is 24.5 Å². The quantitative estimate of drug-likeness (QED) is 0.799. The molecule has 0 amide bonds. The van der Waals surface area contributed by atoms with Gasteiger partial charge in [0, 0.05) is 20.1 Å². The molecule has 118 valence electrons. The predicted molar refractivity (Wildman–Crippen MR) is 85.7 cm³/mol. The summed E-state index contributed by atoms with van der Waals surface area (Å²) >= 11 is 0. The normalized spacial score (nSPS) is 16.0. The molecular formula is C15H26N4O2. The second-order valence-corrected chi connectivity index (χ2v) is 6.16. The van der Waals surface area contributed by atoms with E-state index in [-0.39, 0.29) is 17.1 Å². The van der Waals surface area contributed by atoms with E-state index in [1.54, 1.807) is 0 Å². The lowest BCUT2D eigenvalue weighted by molar-refractivity contribution is 0.484. The van der Waals surface area contributed by atoms with Crippen molar-refractivity contribution < 1.29 is 0 Å². The maximum atomic E-state index is 12.3. The molecule has 1 aromatic rings. The largest absolute Gasteiger partial charge is 0.383 e. The molecule has 1 aromatic heterocycles. The highest BCUT2D eigenvalue weighted by Gasteiger charge is 2.41. The molecule has 1 saturated carbocycles. The van der Waals surface area contributed by atoms with Crippen molar-refractivity contribution >= 4 is 11.5 Å². The minimum Gasteiger partial charge on any atom is -0.383 e. The second kappa shape index (κ2) is 5.95. The van der Waals surface area contributed by atoms with E-state index in [2.05, 4.69) is 12.2 Å². The van der Waals surface area contributed by atoms with Gasteiger partial charge in [0.25, 0.3) is 5.56 Å². The minimum atomic E-state index is -0.348. The maximum Gasteiger partial charge on any atom is 0.332 e.